The smallest absolute Gasteiger partial charge is 0.343 e. The number of ether oxygens (including phenoxy) is 3. The van der Waals surface area contributed by atoms with E-state index in [9.17, 15) is 9.59 Å². The number of methoxy groups -OCH3 is 1. The van der Waals surface area contributed by atoms with Gasteiger partial charge in [0.2, 0.25) is 5.78 Å². The molecule has 0 saturated heterocycles. The van der Waals surface area contributed by atoms with Crippen molar-refractivity contribution in [2.24, 2.45) is 7.05 Å². The van der Waals surface area contributed by atoms with Gasteiger partial charge in [0, 0.05) is 40.3 Å². The highest BCUT2D eigenvalue weighted by Gasteiger charge is 2.31. The molecule has 1 aromatic heterocycles. The van der Waals surface area contributed by atoms with Crippen LogP contribution >= 0.6 is 11.6 Å². The van der Waals surface area contributed by atoms with Gasteiger partial charge in [-0.1, -0.05) is 11.6 Å². The fraction of sp³-hybridized carbons (Fsp3) is 0.111. The molecule has 0 atom stereocenters. The summed E-state index contributed by atoms with van der Waals surface area (Å²) in [6, 6.07) is 15.4. The predicted octanol–water partition coefficient (Wildman–Crippen LogP) is 5.98. The maximum Gasteiger partial charge on any atom is 0.343 e. The number of hydrogen-bond acceptors (Lipinski definition) is 5. The summed E-state index contributed by atoms with van der Waals surface area (Å²) >= 11 is 5.89. The number of hydrogen-bond donors (Lipinski definition) is 0. The summed E-state index contributed by atoms with van der Waals surface area (Å²) in [5, 5.41) is 1.47. The van der Waals surface area contributed by atoms with Crippen LogP contribution in [0.4, 0.5) is 0 Å². The molecule has 7 heteroatoms. The van der Waals surface area contributed by atoms with E-state index in [0.29, 0.717) is 33.2 Å². The maximum absolute atomic E-state index is 13.1. The number of esters is 1. The largest absolute Gasteiger partial charge is 0.497 e. The minimum Gasteiger partial charge on any atom is -0.497 e. The first-order chi connectivity index (χ1) is 16.4. The molecule has 3 aromatic carbocycles. The summed E-state index contributed by atoms with van der Waals surface area (Å²) in [4.78, 5) is 25.6. The quantitative estimate of drug-likeness (QED) is 0.207. The van der Waals surface area contributed by atoms with E-state index in [1.807, 2.05) is 36.0 Å². The Bertz CT molecular complexity index is 1500. The Labute approximate surface area is 200 Å². The summed E-state index contributed by atoms with van der Waals surface area (Å²) in [7, 11) is 3.55. The van der Waals surface area contributed by atoms with E-state index >= 15 is 0 Å². The van der Waals surface area contributed by atoms with Crippen molar-refractivity contribution in [3.63, 3.8) is 0 Å². The number of halogens is 1. The first-order valence-corrected chi connectivity index (χ1v) is 10.9. The summed E-state index contributed by atoms with van der Waals surface area (Å²) < 4.78 is 18.9. The molecule has 0 bridgehead atoms. The second-order valence-electron chi connectivity index (χ2n) is 7.98. The molecular weight excluding hydrogens is 454 g/mol. The van der Waals surface area contributed by atoms with Gasteiger partial charge in [-0.3, -0.25) is 4.79 Å². The molecule has 6 nitrogen and oxygen atoms in total. The average Bonchev–Trinajstić information content (AvgIpc) is 3.32. The van der Waals surface area contributed by atoms with E-state index in [2.05, 4.69) is 0 Å². The third-order valence-corrected chi connectivity index (χ3v) is 6.09. The Hall–Kier alpha value is -4.03. The number of rotatable bonds is 4. The van der Waals surface area contributed by atoms with Crippen LogP contribution in [0.3, 0.4) is 0 Å². The SMILES string of the molecule is COc1ccc2c(c1)c(/C=C1/Oc3c(ccc(OC(=O)c4ccc(Cl)cc4)c3C)C1=O)cn2C. The number of carbonyl (C=O) groups is 2. The standard InChI is InChI=1S/C27H20ClNO5/c1-15-23(34-27(31)16-4-6-18(28)7-5-16)11-9-20-25(30)24(33-26(15)20)12-17-14-29(2)22-10-8-19(32-3)13-21(17)22/h4-14H,1-3H3/b24-12+. The van der Waals surface area contributed by atoms with Gasteiger partial charge in [-0.15, -0.1) is 0 Å². The topological polar surface area (TPSA) is 66.8 Å². The van der Waals surface area contributed by atoms with E-state index in [4.69, 9.17) is 25.8 Å². The van der Waals surface area contributed by atoms with Gasteiger partial charge in [0.05, 0.1) is 18.2 Å². The molecule has 1 aliphatic heterocycles. The van der Waals surface area contributed by atoms with Crippen molar-refractivity contribution in [3.8, 4) is 17.2 Å². The van der Waals surface area contributed by atoms with E-state index in [0.717, 1.165) is 22.2 Å². The zero-order chi connectivity index (χ0) is 24.0. The Morgan fingerprint density at radius 3 is 2.59 bits per heavy atom. The van der Waals surface area contributed by atoms with Crippen molar-refractivity contribution in [3.05, 3.63) is 93.8 Å². The van der Waals surface area contributed by atoms with Crippen molar-refractivity contribution < 1.29 is 23.8 Å². The van der Waals surface area contributed by atoms with Crippen LogP contribution in [0.1, 0.15) is 31.8 Å². The third-order valence-electron chi connectivity index (χ3n) is 5.83. The van der Waals surface area contributed by atoms with Crippen molar-refractivity contribution >= 4 is 40.3 Å². The first-order valence-electron chi connectivity index (χ1n) is 10.5. The number of allylic oxidation sites excluding steroid dienone is 1. The van der Waals surface area contributed by atoms with Crippen LogP contribution in [0.5, 0.6) is 17.2 Å². The molecule has 0 fully saturated rings. The molecular formula is C27H20ClNO5. The maximum atomic E-state index is 13.1. The summed E-state index contributed by atoms with van der Waals surface area (Å²) in [5.41, 5.74) is 3.19. The molecule has 4 aromatic rings. The molecule has 0 saturated carbocycles. The van der Waals surface area contributed by atoms with Crippen molar-refractivity contribution in [1.29, 1.82) is 0 Å². The molecule has 170 valence electrons. The summed E-state index contributed by atoms with van der Waals surface area (Å²) in [6.45, 7) is 1.75. The average molecular weight is 474 g/mol. The Morgan fingerprint density at radius 1 is 1.09 bits per heavy atom. The number of aryl methyl sites for hydroxylation is 1. The lowest BCUT2D eigenvalue weighted by atomic mass is 10.1. The van der Waals surface area contributed by atoms with Crippen molar-refractivity contribution in [1.82, 2.24) is 4.57 Å². The van der Waals surface area contributed by atoms with E-state index in [-0.39, 0.29) is 11.5 Å². The number of fused-ring (bicyclic) bond motifs is 2. The van der Waals surface area contributed by atoms with Crippen LogP contribution in [0.25, 0.3) is 17.0 Å². The monoisotopic (exact) mass is 473 g/mol. The van der Waals surface area contributed by atoms with Crippen LogP contribution in [0.15, 0.2) is 66.6 Å². The minimum atomic E-state index is -0.524. The zero-order valence-corrected chi connectivity index (χ0v) is 19.5. The van der Waals surface area contributed by atoms with Gasteiger partial charge >= 0.3 is 5.97 Å². The van der Waals surface area contributed by atoms with Gasteiger partial charge in [-0.05, 0) is 67.6 Å². The fourth-order valence-corrected chi connectivity index (χ4v) is 4.13. The fourth-order valence-electron chi connectivity index (χ4n) is 4.01. The number of aromatic nitrogens is 1. The predicted molar refractivity (Wildman–Crippen MR) is 130 cm³/mol. The highest BCUT2D eigenvalue weighted by Crippen LogP contribution is 2.40. The van der Waals surface area contributed by atoms with Crippen molar-refractivity contribution in [2.45, 2.75) is 6.92 Å². The van der Waals surface area contributed by atoms with Gasteiger partial charge < -0.3 is 18.8 Å². The van der Waals surface area contributed by atoms with E-state index in [1.54, 1.807) is 56.5 Å². The van der Waals surface area contributed by atoms with Crippen LogP contribution in [-0.4, -0.2) is 23.4 Å². The highest BCUT2D eigenvalue weighted by molar-refractivity contribution is 6.30. The molecule has 0 unspecified atom stereocenters. The normalized spacial score (nSPS) is 13.8. The summed E-state index contributed by atoms with van der Waals surface area (Å²) in [5.74, 6) is 0.883. The Balaban J connectivity index is 1.46. The molecule has 0 radical (unpaired) electrons. The zero-order valence-electron chi connectivity index (χ0n) is 18.7. The number of carbonyl (C=O) groups excluding carboxylic acids is 2. The van der Waals surface area contributed by atoms with E-state index in [1.165, 1.54) is 0 Å². The molecule has 0 aliphatic carbocycles. The minimum absolute atomic E-state index is 0.203. The molecule has 1 aliphatic rings. The molecule has 5 rings (SSSR count). The van der Waals surface area contributed by atoms with Crippen molar-refractivity contribution in [2.75, 3.05) is 7.11 Å². The van der Waals surface area contributed by atoms with Crippen LogP contribution < -0.4 is 14.2 Å². The number of ketones is 1. The molecule has 0 amide bonds. The molecule has 0 N–H and O–H groups in total. The Morgan fingerprint density at radius 2 is 1.85 bits per heavy atom. The van der Waals surface area contributed by atoms with Gasteiger partial charge in [0.25, 0.3) is 0 Å². The third kappa shape index (κ3) is 3.72. The lowest BCUT2D eigenvalue weighted by Crippen LogP contribution is -2.09. The van der Waals surface area contributed by atoms with Gasteiger partial charge in [0.15, 0.2) is 5.76 Å². The second-order valence-corrected chi connectivity index (χ2v) is 8.42. The number of Topliss-reactive ketones (excluding diaryl/α,β-unsaturated/α-hetero) is 1. The number of benzene rings is 3. The molecule has 0 spiro atoms. The second kappa shape index (κ2) is 8.39. The van der Waals surface area contributed by atoms with Crippen LogP contribution in [0.2, 0.25) is 5.02 Å². The van der Waals surface area contributed by atoms with E-state index < -0.39 is 5.97 Å². The molecule has 34 heavy (non-hydrogen) atoms. The van der Waals surface area contributed by atoms with Crippen LogP contribution in [0, 0.1) is 6.92 Å². The molecule has 2 heterocycles. The van der Waals surface area contributed by atoms with Gasteiger partial charge in [-0.25, -0.2) is 4.79 Å². The number of nitrogens with zero attached hydrogens (tertiary/aromatic N) is 1. The highest BCUT2D eigenvalue weighted by atomic mass is 35.5. The van der Waals surface area contributed by atoms with Crippen LogP contribution in [-0.2, 0) is 7.05 Å². The lowest BCUT2D eigenvalue weighted by molar-refractivity contribution is 0.0733. The van der Waals surface area contributed by atoms with Gasteiger partial charge in [-0.2, -0.15) is 0 Å². The Kier molecular flexibility index (Phi) is 5.38. The first kappa shape index (κ1) is 21.8. The lowest BCUT2D eigenvalue weighted by Gasteiger charge is -2.10. The van der Waals surface area contributed by atoms with Gasteiger partial charge in [0.1, 0.15) is 17.2 Å². The summed E-state index contributed by atoms with van der Waals surface area (Å²) in [6.07, 6.45) is 3.66.